The minimum absolute atomic E-state index is 0.160. The van der Waals surface area contributed by atoms with E-state index in [2.05, 4.69) is 47.6 Å². The summed E-state index contributed by atoms with van der Waals surface area (Å²) in [7, 11) is 1.57. The summed E-state index contributed by atoms with van der Waals surface area (Å²) >= 11 is 0. The van der Waals surface area contributed by atoms with Gasteiger partial charge in [0, 0.05) is 18.9 Å². The zero-order valence-corrected chi connectivity index (χ0v) is 23.7. The zero-order chi connectivity index (χ0) is 26.0. The average molecular weight is 489 g/mol. The van der Waals surface area contributed by atoms with Crippen LogP contribution < -0.4 is 0 Å². The molecule has 35 heavy (non-hydrogen) atoms. The van der Waals surface area contributed by atoms with Crippen molar-refractivity contribution in [3.8, 4) is 0 Å². The molecule has 0 saturated heterocycles. The first-order valence-corrected chi connectivity index (χ1v) is 14.3. The molecule has 0 aromatic heterocycles. The van der Waals surface area contributed by atoms with Crippen molar-refractivity contribution in [2.45, 2.75) is 118 Å². The van der Waals surface area contributed by atoms with E-state index in [0.29, 0.717) is 41.3 Å². The van der Waals surface area contributed by atoms with Crippen molar-refractivity contribution in [2.75, 3.05) is 13.7 Å². The van der Waals surface area contributed by atoms with E-state index in [4.69, 9.17) is 4.74 Å². The molecule has 4 rings (SSSR count). The molecule has 4 heteroatoms. The van der Waals surface area contributed by atoms with Gasteiger partial charge in [-0.15, -0.1) is 0 Å². The van der Waals surface area contributed by atoms with Crippen LogP contribution in [0.15, 0.2) is 11.6 Å². The molecule has 0 aromatic rings. The monoisotopic (exact) mass is 488 g/mol. The summed E-state index contributed by atoms with van der Waals surface area (Å²) in [5.41, 5.74) is 1.31. The van der Waals surface area contributed by atoms with Crippen LogP contribution >= 0.6 is 0 Å². The summed E-state index contributed by atoms with van der Waals surface area (Å²) in [4.78, 5) is 12.8. The molecule has 9 atom stereocenters. The minimum Gasteiger partial charge on any atom is -0.393 e. The summed E-state index contributed by atoms with van der Waals surface area (Å²) in [6.45, 7) is 16.0. The smallest absolute Gasteiger partial charge is 0.138 e. The Kier molecular flexibility index (Phi) is 6.98. The van der Waals surface area contributed by atoms with Gasteiger partial charge in [0.2, 0.25) is 0 Å². The van der Waals surface area contributed by atoms with Gasteiger partial charge in [-0.1, -0.05) is 53.2 Å². The molecule has 0 aromatic carbocycles. The first-order chi connectivity index (χ1) is 16.2. The van der Waals surface area contributed by atoms with Gasteiger partial charge in [-0.3, -0.25) is 4.79 Å². The van der Waals surface area contributed by atoms with Crippen molar-refractivity contribution in [3.05, 3.63) is 11.6 Å². The quantitative estimate of drug-likeness (QED) is 0.411. The van der Waals surface area contributed by atoms with E-state index in [9.17, 15) is 15.0 Å². The van der Waals surface area contributed by atoms with Crippen LogP contribution in [0.2, 0.25) is 0 Å². The Morgan fingerprint density at radius 2 is 1.77 bits per heavy atom. The van der Waals surface area contributed by atoms with Crippen LogP contribution in [-0.4, -0.2) is 41.4 Å². The highest BCUT2D eigenvalue weighted by Gasteiger charge is 2.65. The summed E-state index contributed by atoms with van der Waals surface area (Å²) in [5.74, 6) is 2.71. The molecule has 0 heterocycles. The SMILES string of the molecule is COC(C)(CO)C(O)CC[C@H](C)[C@@H]1CC[C@]2(C)[C@@H]3CC[C@H]4C(C)(C)C(=O)CC[C@]4(C)C3=CC[C@@]12C. The highest BCUT2D eigenvalue weighted by atomic mass is 16.5. The van der Waals surface area contributed by atoms with E-state index in [1.807, 2.05) is 0 Å². The van der Waals surface area contributed by atoms with Gasteiger partial charge in [0.05, 0.1) is 12.7 Å². The third kappa shape index (κ3) is 3.83. The van der Waals surface area contributed by atoms with Crippen LogP contribution in [0.1, 0.15) is 106 Å². The largest absolute Gasteiger partial charge is 0.393 e. The van der Waals surface area contributed by atoms with Gasteiger partial charge in [-0.05, 0) is 98.2 Å². The fourth-order valence-electron chi connectivity index (χ4n) is 9.72. The topological polar surface area (TPSA) is 66.8 Å². The number of Topliss-reactive ketones (excluding diaryl/α,β-unsaturated/α-hetero) is 1. The number of rotatable bonds is 7. The van der Waals surface area contributed by atoms with Crippen molar-refractivity contribution in [2.24, 2.45) is 45.3 Å². The number of methoxy groups -OCH3 is 1. The van der Waals surface area contributed by atoms with Gasteiger partial charge in [-0.2, -0.15) is 0 Å². The van der Waals surface area contributed by atoms with Gasteiger partial charge in [0.15, 0.2) is 0 Å². The van der Waals surface area contributed by atoms with Gasteiger partial charge >= 0.3 is 0 Å². The van der Waals surface area contributed by atoms with Crippen molar-refractivity contribution >= 4 is 5.78 Å². The first kappa shape index (κ1) is 27.3. The average Bonchev–Trinajstić information content (AvgIpc) is 3.10. The lowest BCUT2D eigenvalue weighted by atomic mass is 9.41. The van der Waals surface area contributed by atoms with Crippen molar-refractivity contribution < 1.29 is 19.7 Å². The van der Waals surface area contributed by atoms with Crippen LogP contribution in [0.4, 0.5) is 0 Å². The summed E-state index contributed by atoms with van der Waals surface area (Å²) in [6, 6.07) is 0. The van der Waals surface area contributed by atoms with E-state index in [1.165, 1.54) is 25.7 Å². The molecule has 0 amide bonds. The number of allylic oxidation sites excluding steroid dienone is 2. The Bertz CT molecular complexity index is 856. The second-order valence-electron chi connectivity index (χ2n) is 14.3. The summed E-state index contributed by atoms with van der Waals surface area (Å²) in [6.07, 6.45) is 11.4. The normalized spacial score (nSPS) is 43.9. The van der Waals surface area contributed by atoms with Crippen molar-refractivity contribution in [3.63, 3.8) is 0 Å². The number of carbonyl (C=O) groups is 1. The molecule has 4 nitrogen and oxygen atoms in total. The van der Waals surface area contributed by atoms with Crippen LogP contribution in [0.5, 0.6) is 0 Å². The molecule has 3 saturated carbocycles. The second-order valence-corrected chi connectivity index (χ2v) is 14.3. The third-order valence-corrected chi connectivity index (χ3v) is 12.7. The maximum absolute atomic E-state index is 12.8. The van der Waals surface area contributed by atoms with E-state index in [0.717, 1.165) is 25.7 Å². The van der Waals surface area contributed by atoms with Gasteiger partial charge in [-0.25, -0.2) is 0 Å². The van der Waals surface area contributed by atoms with Crippen LogP contribution in [-0.2, 0) is 9.53 Å². The van der Waals surface area contributed by atoms with Gasteiger partial charge in [0.1, 0.15) is 11.4 Å². The minimum atomic E-state index is -0.889. The third-order valence-electron chi connectivity index (χ3n) is 12.7. The number of ether oxygens (including phenoxy) is 1. The fraction of sp³-hybridized carbons (Fsp3) is 0.903. The van der Waals surface area contributed by atoms with E-state index in [-0.39, 0.29) is 22.9 Å². The molecule has 200 valence electrons. The predicted molar refractivity (Wildman–Crippen MR) is 141 cm³/mol. The lowest BCUT2D eigenvalue weighted by Crippen LogP contribution is -2.56. The molecule has 4 aliphatic carbocycles. The standard InChI is InChI=1S/C31H52O4/c1-20(9-12-26(34)31(7,19-32)35-8)21-13-17-30(6)23-10-11-24-27(2,3)25(33)15-16-28(24,4)22(23)14-18-29(21,30)5/h14,20-21,23-24,26,32,34H,9-13,15-19H2,1-8H3/t20-,21-,23+,24-,26?,28+,29-,30+,31?/m0/s1. The van der Waals surface area contributed by atoms with Crippen LogP contribution in [0.25, 0.3) is 0 Å². The highest BCUT2D eigenvalue weighted by molar-refractivity contribution is 5.85. The lowest BCUT2D eigenvalue weighted by Gasteiger charge is -2.63. The number of aliphatic hydroxyl groups excluding tert-OH is 2. The molecule has 0 bridgehead atoms. The number of hydrogen-bond acceptors (Lipinski definition) is 4. The summed E-state index contributed by atoms with van der Waals surface area (Å²) in [5, 5.41) is 20.5. The molecule has 4 aliphatic rings. The van der Waals surface area contributed by atoms with E-state index >= 15 is 0 Å². The molecule has 0 radical (unpaired) electrons. The van der Waals surface area contributed by atoms with E-state index < -0.39 is 11.7 Å². The molecular formula is C31H52O4. The number of hydrogen-bond donors (Lipinski definition) is 2. The molecule has 2 N–H and O–H groups in total. The predicted octanol–water partition coefficient (Wildman–Crippen LogP) is 6.34. The number of ketones is 1. The Hall–Kier alpha value is -0.710. The molecule has 0 aliphatic heterocycles. The molecular weight excluding hydrogens is 436 g/mol. The second kappa shape index (κ2) is 8.95. The molecule has 2 unspecified atom stereocenters. The Morgan fingerprint density at radius 1 is 1.09 bits per heavy atom. The number of carbonyl (C=O) groups excluding carboxylic acids is 1. The maximum Gasteiger partial charge on any atom is 0.138 e. The fourth-order valence-corrected chi connectivity index (χ4v) is 9.72. The Balaban J connectivity index is 1.56. The van der Waals surface area contributed by atoms with Gasteiger partial charge in [0.25, 0.3) is 0 Å². The number of aliphatic hydroxyl groups is 2. The van der Waals surface area contributed by atoms with Crippen molar-refractivity contribution in [1.82, 2.24) is 0 Å². The summed E-state index contributed by atoms with van der Waals surface area (Å²) < 4.78 is 5.43. The Morgan fingerprint density at radius 3 is 2.40 bits per heavy atom. The molecule has 0 spiro atoms. The van der Waals surface area contributed by atoms with Crippen molar-refractivity contribution in [1.29, 1.82) is 0 Å². The zero-order valence-electron chi connectivity index (χ0n) is 23.7. The van der Waals surface area contributed by atoms with Gasteiger partial charge < -0.3 is 14.9 Å². The first-order valence-electron chi connectivity index (χ1n) is 14.3. The number of fused-ring (bicyclic) bond motifs is 5. The van der Waals surface area contributed by atoms with E-state index in [1.54, 1.807) is 19.6 Å². The molecule has 3 fully saturated rings. The Labute approximate surface area is 214 Å². The van der Waals surface area contributed by atoms with Crippen LogP contribution in [0.3, 0.4) is 0 Å². The highest BCUT2D eigenvalue weighted by Crippen LogP contribution is 2.72. The maximum atomic E-state index is 12.8. The van der Waals surface area contributed by atoms with Crippen LogP contribution in [0, 0.1) is 45.3 Å². The lowest BCUT2D eigenvalue weighted by molar-refractivity contribution is -0.142.